The second-order valence-corrected chi connectivity index (χ2v) is 7.64. The molecule has 1 aliphatic rings. The molecule has 1 fully saturated rings. The van der Waals surface area contributed by atoms with Gasteiger partial charge in [-0.05, 0) is 67.4 Å². The molecule has 0 radical (unpaired) electrons. The van der Waals surface area contributed by atoms with Crippen LogP contribution in [-0.4, -0.2) is 37.6 Å². The predicted octanol–water partition coefficient (Wildman–Crippen LogP) is 3.77. The average Bonchev–Trinajstić information content (AvgIpc) is 2.75. The van der Waals surface area contributed by atoms with E-state index in [9.17, 15) is 0 Å². The maximum atomic E-state index is 3.49. The first-order valence-corrected chi connectivity index (χ1v) is 9.06. The van der Waals surface area contributed by atoms with E-state index < -0.39 is 0 Å². The maximum absolute atomic E-state index is 3.49. The quantitative estimate of drug-likeness (QED) is 0.890. The molecule has 1 aromatic rings. The summed E-state index contributed by atoms with van der Waals surface area (Å²) in [5, 5.41) is 3.49. The smallest absolute Gasteiger partial charge is 0.0107 e. The zero-order chi connectivity index (χ0) is 16.0. The molecule has 0 unspecified atom stereocenters. The third-order valence-corrected chi connectivity index (χ3v) is 4.81. The minimum absolute atomic E-state index is 0.247. The highest BCUT2D eigenvalue weighted by Crippen LogP contribution is 2.25. The van der Waals surface area contributed by atoms with Gasteiger partial charge < -0.3 is 10.2 Å². The topological polar surface area (TPSA) is 15.3 Å². The largest absolute Gasteiger partial charge is 0.315 e. The number of nitrogens with one attached hydrogen (secondary N) is 1. The van der Waals surface area contributed by atoms with Crippen molar-refractivity contribution in [3.8, 4) is 0 Å². The highest BCUT2D eigenvalue weighted by Gasteiger charge is 2.15. The van der Waals surface area contributed by atoms with E-state index in [-0.39, 0.29) is 5.41 Å². The average molecular weight is 303 g/mol. The zero-order valence-electron chi connectivity index (χ0n) is 15.0. The standard InChI is InChI=1S/C20H34N2/c1-5-17-9-10-19(20(2,3)4)16-18(17)8-6-13-22-14-7-11-21-12-15-22/h9-10,16,21H,5-8,11-15H2,1-4H3. The number of benzene rings is 1. The molecule has 2 heteroatoms. The molecule has 0 saturated carbocycles. The van der Waals surface area contributed by atoms with E-state index in [0.29, 0.717) is 0 Å². The maximum Gasteiger partial charge on any atom is 0.0107 e. The first kappa shape index (κ1) is 17.5. The molecule has 0 atom stereocenters. The van der Waals surface area contributed by atoms with Crippen LogP contribution in [0, 0.1) is 0 Å². The Labute approximate surface area is 137 Å². The van der Waals surface area contributed by atoms with Gasteiger partial charge in [0.05, 0.1) is 0 Å². The van der Waals surface area contributed by atoms with Crippen molar-refractivity contribution in [2.24, 2.45) is 0 Å². The van der Waals surface area contributed by atoms with Crippen LogP contribution in [0.4, 0.5) is 0 Å². The van der Waals surface area contributed by atoms with Gasteiger partial charge in [-0.25, -0.2) is 0 Å². The Kier molecular flexibility index (Phi) is 6.46. The van der Waals surface area contributed by atoms with E-state index in [1.54, 1.807) is 5.56 Å². The molecule has 1 saturated heterocycles. The second kappa shape index (κ2) is 8.12. The highest BCUT2D eigenvalue weighted by atomic mass is 15.1. The number of rotatable bonds is 5. The first-order valence-electron chi connectivity index (χ1n) is 9.06. The van der Waals surface area contributed by atoms with Crippen LogP contribution in [-0.2, 0) is 18.3 Å². The Balaban J connectivity index is 1.95. The summed E-state index contributed by atoms with van der Waals surface area (Å²) in [5.41, 5.74) is 4.82. The van der Waals surface area contributed by atoms with Crippen LogP contribution in [0.15, 0.2) is 18.2 Å². The summed E-state index contributed by atoms with van der Waals surface area (Å²) in [6.45, 7) is 15.2. The van der Waals surface area contributed by atoms with Crippen LogP contribution in [0.1, 0.15) is 57.2 Å². The van der Waals surface area contributed by atoms with Gasteiger partial charge in [0.25, 0.3) is 0 Å². The molecule has 0 amide bonds. The van der Waals surface area contributed by atoms with Crippen molar-refractivity contribution in [1.82, 2.24) is 10.2 Å². The molecular formula is C20H34N2. The van der Waals surface area contributed by atoms with Crippen molar-refractivity contribution in [2.45, 2.75) is 58.8 Å². The van der Waals surface area contributed by atoms with Crippen LogP contribution in [0.25, 0.3) is 0 Å². The molecule has 0 spiro atoms. The van der Waals surface area contributed by atoms with Crippen LogP contribution in [0.2, 0.25) is 0 Å². The van der Waals surface area contributed by atoms with E-state index in [1.165, 1.54) is 56.6 Å². The number of hydrogen-bond acceptors (Lipinski definition) is 2. The molecule has 0 bridgehead atoms. The van der Waals surface area contributed by atoms with Crippen LogP contribution in [0.3, 0.4) is 0 Å². The Morgan fingerprint density at radius 3 is 2.64 bits per heavy atom. The second-order valence-electron chi connectivity index (χ2n) is 7.64. The summed E-state index contributed by atoms with van der Waals surface area (Å²) in [4.78, 5) is 2.62. The molecule has 1 N–H and O–H groups in total. The molecule has 1 heterocycles. The molecule has 0 aromatic heterocycles. The van der Waals surface area contributed by atoms with E-state index >= 15 is 0 Å². The number of nitrogens with zero attached hydrogens (tertiary/aromatic N) is 1. The molecule has 1 aromatic carbocycles. The monoisotopic (exact) mass is 302 g/mol. The van der Waals surface area contributed by atoms with Gasteiger partial charge in [0.1, 0.15) is 0 Å². The van der Waals surface area contributed by atoms with Crippen LogP contribution < -0.4 is 5.32 Å². The van der Waals surface area contributed by atoms with Gasteiger partial charge in [-0.2, -0.15) is 0 Å². The Morgan fingerprint density at radius 2 is 1.91 bits per heavy atom. The molecule has 124 valence electrons. The molecule has 1 aliphatic heterocycles. The molecule has 2 rings (SSSR count). The van der Waals surface area contributed by atoms with Gasteiger partial charge in [-0.1, -0.05) is 45.9 Å². The minimum atomic E-state index is 0.247. The third-order valence-electron chi connectivity index (χ3n) is 4.81. The van der Waals surface area contributed by atoms with Gasteiger partial charge in [0, 0.05) is 13.1 Å². The highest BCUT2D eigenvalue weighted by molar-refractivity contribution is 5.35. The van der Waals surface area contributed by atoms with Crippen molar-refractivity contribution in [3.63, 3.8) is 0 Å². The molecule has 2 nitrogen and oxygen atoms in total. The fraction of sp³-hybridized carbons (Fsp3) is 0.700. The number of aryl methyl sites for hydroxylation is 2. The minimum Gasteiger partial charge on any atom is -0.315 e. The van der Waals surface area contributed by atoms with Crippen molar-refractivity contribution < 1.29 is 0 Å². The zero-order valence-corrected chi connectivity index (χ0v) is 15.0. The van der Waals surface area contributed by atoms with E-state index in [1.807, 2.05) is 0 Å². The Morgan fingerprint density at radius 1 is 1.09 bits per heavy atom. The lowest BCUT2D eigenvalue weighted by Gasteiger charge is -2.22. The molecule has 0 aliphatic carbocycles. The normalized spacial score (nSPS) is 17.5. The summed E-state index contributed by atoms with van der Waals surface area (Å²) in [7, 11) is 0. The summed E-state index contributed by atoms with van der Waals surface area (Å²) in [6, 6.07) is 7.14. The lowest BCUT2D eigenvalue weighted by atomic mass is 9.84. The van der Waals surface area contributed by atoms with Crippen LogP contribution in [0.5, 0.6) is 0 Å². The number of hydrogen-bond donors (Lipinski definition) is 1. The summed E-state index contributed by atoms with van der Waals surface area (Å²) < 4.78 is 0. The Bertz CT molecular complexity index is 451. The van der Waals surface area contributed by atoms with Crippen molar-refractivity contribution in [1.29, 1.82) is 0 Å². The third kappa shape index (κ3) is 5.10. The van der Waals surface area contributed by atoms with Crippen molar-refractivity contribution >= 4 is 0 Å². The van der Waals surface area contributed by atoms with Crippen molar-refractivity contribution in [2.75, 3.05) is 32.7 Å². The summed E-state index contributed by atoms with van der Waals surface area (Å²) >= 11 is 0. The van der Waals surface area contributed by atoms with Gasteiger partial charge in [0.2, 0.25) is 0 Å². The fourth-order valence-corrected chi connectivity index (χ4v) is 3.29. The SMILES string of the molecule is CCc1ccc(C(C)(C)C)cc1CCCN1CCCNCC1. The van der Waals surface area contributed by atoms with E-state index in [2.05, 4.69) is 56.1 Å². The van der Waals surface area contributed by atoms with E-state index in [0.717, 1.165) is 13.0 Å². The van der Waals surface area contributed by atoms with Gasteiger partial charge in [-0.15, -0.1) is 0 Å². The lowest BCUT2D eigenvalue weighted by molar-refractivity contribution is 0.289. The fourth-order valence-electron chi connectivity index (χ4n) is 3.29. The van der Waals surface area contributed by atoms with Gasteiger partial charge >= 0.3 is 0 Å². The Hall–Kier alpha value is -0.860. The predicted molar refractivity (Wildman–Crippen MR) is 96.8 cm³/mol. The van der Waals surface area contributed by atoms with Gasteiger partial charge in [0.15, 0.2) is 0 Å². The molecule has 22 heavy (non-hydrogen) atoms. The summed E-state index contributed by atoms with van der Waals surface area (Å²) in [6.07, 6.45) is 4.94. The van der Waals surface area contributed by atoms with Gasteiger partial charge in [-0.3, -0.25) is 0 Å². The molecular weight excluding hydrogens is 268 g/mol. The van der Waals surface area contributed by atoms with Crippen LogP contribution >= 0.6 is 0 Å². The lowest BCUT2D eigenvalue weighted by Crippen LogP contribution is -2.29. The van der Waals surface area contributed by atoms with Crippen molar-refractivity contribution in [3.05, 3.63) is 34.9 Å². The first-order chi connectivity index (χ1) is 10.5. The summed E-state index contributed by atoms with van der Waals surface area (Å²) in [5.74, 6) is 0. The van der Waals surface area contributed by atoms with E-state index in [4.69, 9.17) is 0 Å².